The van der Waals surface area contributed by atoms with Gasteiger partial charge < -0.3 is 14.7 Å². The van der Waals surface area contributed by atoms with Gasteiger partial charge in [-0.1, -0.05) is 5.16 Å². The molecule has 7 heteroatoms. The molecule has 0 aromatic carbocycles. The maximum Gasteiger partial charge on any atom is 0.258 e. The molecule has 1 amide bonds. The van der Waals surface area contributed by atoms with Crippen LogP contribution in [0.15, 0.2) is 10.6 Å². The van der Waals surface area contributed by atoms with Crippen molar-refractivity contribution in [3.05, 3.63) is 23.0 Å². The summed E-state index contributed by atoms with van der Waals surface area (Å²) in [4.78, 5) is 19.0. The van der Waals surface area contributed by atoms with Crippen molar-refractivity contribution in [1.29, 1.82) is 0 Å². The van der Waals surface area contributed by atoms with E-state index in [0.29, 0.717) is 23.0 Å². The minimum absolute atomic E-state index is 0. The summed E-state index contributed by atoms with van der Waals surface area (Å²) in [5.74, 6) is 0.0475. The molecule has 1 aliphatic heterocycles. The summed E-state index contributed by atoms with van der Waals surface area (Å²) < 4.78 is 5.20. The molecule has 3 rings (SSSR count). The fourth-order valence-corrected chi connectivity index (χ4v) is 2.93. The van der Waals surface area contributed by atoms with Crippen LogP contribution in [0.3, 0.4) is 0 Å². The molecule has 120 valence electrons. The summed E-state index contributed by atoms with van der Waals surface area (Å²) in [6, 6.07) is 2.34. The van der Waals surface area contributed by atoms with Crippen molar-refractivity contribution in [2.24, 2.45) is 0 Å². The van der Waals surface area contributed by atoms with Gasteiger partial charge in [-0.15, -0.1) is 12.4 Å². The first-order valence-electron chi connectivity index (χ1n) is 7.30. The molecule has 0 spiro atoms. The highest BCUT2D eigenvalue weighted by molar-refractivity contribution is 6.06. The third kappa shape index (κ3) is 2.94. The van der Waals surface area contributed by atoms with E-state index in [4.69, 9.17) is 4.52 Å². The Balaban J connectivity index is 0.00000176. The Kier molecular flexibility index (Phi) is 5.03. The number of aromatic nitrogens is 2. The van der Waals surface area contributed by atoms with Gasteiger partial charge in [-0.25, -0.2) is 4.98 Å². The fourth-order valence-electron chi connectivity index (χ4n) is 2.93. The normalized spacial score (nSPS) is 15.9. The van der Waals surface area contributed by atoms with E-state index >= 15 is 0 Å². The Morgan fingerprint density at radius 2 is 2.05 bits per heavy atom. The van der Waals surface area contributed by atoms with Crippen LogP contribution in [-0.4, -0.2) is 47.1 Å². The highest BCUT2D eigenvalue weighted by Crippen LogP contribution is 2.24. The number of halogens is 1. The monoisotopic (exact) mass is 324 g/mol. The van der Waals surface area contributed by atoms with E-state index < -0.39 is 0 Å². The van der Waals surface area contributed by atoms with Crippen molar-refractivity contribution in [3.63, 3.8) is 0 Å². The zero-order valence-electron chi connectivity index (χ0n) is 13.0. The summed E-state index contributed by atoms with van der Waals surface area (Å²) in [6.07, 6.45) is 1.97. The lowest BCUT2D eigenvalue weighted by atomic mass is 10.0. The van der Waals surface area contributed by atoms with Gasteiger partial charge in [0.1, 0.15) is 0 Å². The van der Waals surface area contributed by atoms with Gasteiger partial charge >= 0.3 is 0 Å². The van der Waals surface area contributed by atoms with Crippen molar-refractivity contribution in [2.45, 2.75) is 32.7 Å². The third-order valence-corrected chi connectivity index (χ3v) is 4.17. The van der Waals surface area contributed by atoms with Gasteiger partial charge in [-0.05, 0) is 39.8 Å². The first kappa shape index (κ1) is 16.7. The van der Waals surface area contributed by atoms with Crippen molar-refractivity contribution < 1.29 is 9.32 Å². The van der Waals surface area contributed by atoms with E-state index in [1.165, 1.54) is 0 Å². The van der Waals surface area contributed by atoms with Crippen LogP contribution in [0, 0.1) is 13.8 Å². The average Bonchev–Trinajstić information content (AvgIpc) is 2.87. The number of piperidine rings is 1. The second kappa shape index (κ2) is 6.62. The Bertz CT molecular complexity index is 677. The second-order valence-electron chi connectivity index (χ2n) is 5.61. The molecular formula is C15H21ClN4O2. The highest BCUT2D eigenvalue weighted by Gasteiger charge is 2.26. The van der Waals surface area contributed by atoms with Crippen LogP contribution in [0.25, 0.3) is 11.1 Å². The van der Waals surface area contributed by atoms with Gasteiger partial charge in [0.05, 0.1) is 16.6 Å². The number of rotatable bonds is 2. The largest absolute Gasteiger partial charge is 0.339 e. The van der Waals surface area contributed by atoms with Crippen LogP contribution in [0.5, 0.6) is 0 Å². The van der Waals surface area contributed by atoms with E-state index in [2.05, 4.69) is 15.5 Å². The lowest BCUT2D eigenvalue weighted by Gasteiger charge is -2.32. The lowest BCUT2D eigenvalue weighted by Crippen LogP contribution is -2.44. The first-order chi connectivity index (χ1) is 10.1. The SMILES string of the molecule is CNC1CCN(C(=O)c2cc(C)nc3onc(C)c23)CC1.Cl. The summed E-state index contributed by atoms with van der Waals surface area (Å²) in [5, 5.41) is 7.94. The molecule has 2 aromatic heterocycles. The van der Waals surface area contributed by atoms with E-state index in [1.54, 1.807) is 0 Å². The van der Waals surface area contributed by atoms with Crippen LogP contribution in [0.4, 0.5) is 0 Å². The van der Waals surface area contributed by atoms with Crippen LogP contribution < -0.4 is 5.32 Å². The maximum absolute atomic E-state index is 12.8. The molecular weight excluding hydrogens is 304 g/mol. The number of nitrogens with zero attached hydrogens (tertiary/aromatic N) is 3. The van der Waals surface area contributed by atoms with E-state index in [1.807, 2.05) is 31.9 Å². The molecule has 0 atom stereocenters. The van der Waals surface area contributed by atoms with Crippen molar-refractivity contribution in [1.82, 2.24) is 20.4 Å². The maximum atomic E-state index is 12.8. The van der Waals surface area contributed by atoms with E-state index in [0.717, 1.165) is 37.0 Å². The average molecular weight is 325 g/mol. The number of aryl methyl sites for hydroxylation is 2. The zero-order chi connectivity index (χ0) is 15.0. The molecule has 1 fully saturated rings. The highest BCUT2D eigenvalue weighted by atomic mass is 35.5. The summed E-state index contributed by atoms with van der Waals surface area (Å²) in [7, 11) is 1.97. The quantitative estimate of drug-likeness (QED) is 0.915. The third-order valence-electron chi connectivity index (χ3n) is 4.17. The molecule has 0 saturated carbocycles. The van der Waals surface area contributed by atoms with Gasteiger partial charge in [-0.2, -0.15) is 0 Å². The molecule has 6 nitrogen and oxygen atoms in total. The van der Waals surface area contributed by atoms with Crippen LogP contribution in [0.1, 0.15) is 34.6 Å². The number of nitrogens with one attached hydrogen (secondary N) is 1. The van der Waals surface area contributed by atoms with Gasteiger partial charge in [0.15, 0.2) is 0 Å². The number of pyridine rings is 1. The van der Waals surface area contributed by atoms with Gasteiger partial charge in [0, 0.05) is 24.8 Å². The summed E-state index contributed by atoms with van der Waals surface area (Å²) >= 11 is 0. The zero-order valence-corrected chi connectivity index (χ0v) is 13.9. The molecule has 0 radical (unpaired) electrons. The number of likely N-dealkylation sites (tertiary alicyclic amines) is 1. The van der Waals surface area contributed by atoms with Crippen molar-refractivity contribution in [2.75, 3.05) is 20.1 Å². The van der Waals surface area contributed by atoms with E-state index in [9.17, 15) is 4.79 Å². The predicted molar refractivity (Wildman–Crippen MR) is 86.5 cm³/mol. The molecule has 0 unspecified atom stereocenters. The predicted octanol–water partition coefficient (Wildman–Crippen LogP) is 2.09. The molecule has 3 heterocycles. The van der Waals surface area contributed by atoms with Crippen molar-refractivity contribution in [3.8, 4) is 0 Å². The van der Waals surface area contributed by atoms with E-state index in [-0.39, 0.29) is 18.3 Å². The first-order valence-corrected chi connectivity index (χ1v) is 7.30. The topological polar surface area (TPSA) is 71.3 Å². The standard InChI is InChI=1S/C15H20N4O2.ClH/c1-9-8-12(13-10(2)18-21-14(13)17-9)15(20)19-6-4-11(16-3)5-7-19;/h8,11,16H,4-7H2,1-3H3;1H. The number of amides is 1. The molecule has 1 aliphatic rings. The molecule has 1 N–H and O–H groups in total. The number of hydrogen-bond acceptors (Lipinski definition) is 5. The van der Waals surface area contributed by atoms with Gasteiger partial charge in [0.2, 0.25) is 0 Å². The van der Waals surface area contributed by atoms with Crippen LogP contribution in [0.2, 0.25) is 0 Å². The molecule has 2 aromatic rings. The second-order valence-corrected chi connectivity index (χ2v) is 5.61. The minimum Gasteiger partial charge on any atom is -0.339 e. The Morgan fingerprint density at radius 1 is 1.36 bits per heavy atom. The Labute approximate surface area is 135 Å². The molecule has 0 aliphatic carbocycles. The fraction of sp³-hybridized carbons (Fsp3) is 0.533. The number of hydrogen-bond donors (Lipinski definition) is 1. The van der Waals surface area contributed by atoms with Gasteiger partial charge in [0.25, 0.3) is 11.6 Å². The Morgan fingerprint density at radius 3 is 2.68 bits per heavy atom. The smallest absolute Gasteiger partial charge is 0.258 e. The lowest BCUT2D eigenvalue weighted by molar-refractivity contribution is 0.0709. The summed E-state index contributed by atoms with van der Waals surface area (Å²) in [5.41, 5.74) is 2.58. The van der Waals surface area contributed by atoms with Crippen molar-refractivity contribution >= 4 is 29.4 Å². The Hall–Kier alpha value is -1.66. The number of carbonyl (C=O) groups is 1. The number of fused-ring (bicyclic) bond motifs is 1. The molecule has 1 saturated heterocycles. The van der Waals surface area contributed by atoms with Gasteiger partial charge in [-0.3, -0.25) is 4.79 Å². The van der Waals surface area contributed by atoms with Crippen LogP contribution >= 0.6 is 12.4 Å². The summed E-state index contributed by atoms with van der Waals surface area (Å²) in [6.45, 7) is 5.25. The minimum atomic E-state index is 0. The number of carbonyl (C=O) groups excluding carboxylic acids is 1. The molecule has 0 bridgehead atoms. The molecule has 22 heavy (non-hydrogen) atoms. The van der Waals surface area contributed by atoms with Crippen LogP contribution in [-0.2, 0) is 0 Å².